The van der Waals surface area contributed by atoms with E-state index in [0.29, 0.717) is 35.7 Å². The minimum atomic E-state index is -3.98. The van der Waals surface area contributed by atoms with Crippen molar-refractivity contribution in [1.29, 1.82) is 0 Å². The Balaban J connectivity index is 1.88. The van der Waals surface area contributed by atoms with Crippen LogP contribution in [0.25, 0.3) is 0 Å². The molecule has 1 amide bonds. The molecule has 8 nitrogen and oxygen atoms in total. The molecule has 1 fully saturated rings. The number of carbonyl (C=O) groups is 2. The Bertz CT molecular complexity index is 1110. The molecule has 172 valence electrons. The van der Waals surface area contributed by atoms with Gasteiger partial charge in [-0.1, -0.05) is 0 Å². The molecule has 1 aliphatic rings. The standard InChI is InChI=1S/C23H28N2O6S/c1-4-31-23(27)17-8-10-20(16(2)14-17)24-32(28,29)18-9-11-21(30-3)19(15-18)22(26)25-12-6-5-7-13-25/h8-11,14-15,24H,4-7,12-13H2,1-3H3. The summed E-state index contributed by atoms with van der Waals surface area (Å²) in [5.74, 6) is -0.385. The first kappa shape index (κ1) is 23.6. The van der Waals surface area contributed by atoms with Crippen LogP contribution in [0.4, 0.5) is 5.69 Å². The van der Waals surface area contributed by atoms with Gasteiger partial charge in [-0.05, 0) is 75.1 Å². The average Bonchev–Trinajstić information content (AvgIpc) is 2.80. The van der Waals surface area contributed by atoms with Crippen molar-refractivity contribution in [1.82, 2.24) is 4.90 Å². The maximum Gasteiger partial charge on any atom is 0.338 e. The smallest absolute Gasteiger partial charge is 0.338 e. The second-order valence-corrected chi connectivity index (χ2v) is 9.25. The molecule has 0 saturated carbocycles. The molecule has 0 radical (unpaired) electrons. The number of methoxy groups -OCH3 is 1. The van der Waals surface area contributed by atoms with Crippen LogP contribution >= 0.6 is 0 Å². The Morgan fingerprint density at radius 1 is 1.06 bits per heavy atom. The number of nitrogens with one attached hydrogen (secondary N) is 1. The maximum atomic E-state index is 13.1. The third-order valence-electron chi connectivity index (χ3n) is 5.34. The topological polar surface area (TPSA) is 102 Å². The predicted molar refractivity (Wildman–Crippen MR) is 121 cm³/mol. The van der Waals surface area contributed by atoms with E-state index >= 15 is 0 Å². The van der Waals surface area contributed by atoms with E-state index in [0.717, 1.165) is 19.3 Å². The van der Waals surface area contributed by atoms with Gasteiger partial charge in [-0.15, -0.1) is 0 Å². The Morgan fingerprint density at radius 3 is 2.41 bits per heavy atom. The summed E-state index contributed by atoms with van der Waals surface area (Å²) in [7, 11) is -2.54. The van der Waals surface area contributed by atoms with Gasteiger partial charge in [0.15, 0.2) is 0 Å². The number of aryl methyl sites for hydroxylation is 1. The lowest BCUT2D eigenvalue weighted by molar-refractivity contribution is 0.0526. The lowest BCUT2D eigenvalue weighted by Crippen LogP contribution is -2.35. The number of esters is 1. The van der Waals surface area contributed by atoms with Crippen LogP contribution in [0.3, 0.4) is 0 Å². The molecule has 0 spiro atoms. The zero-order valence-electron chi connectivity index (χ0n) is 18.5. The molecule has 0 atom stereocenters. The number of sulfonamides is 1. The van der Waals surface area contributed by atoms with E-state index in [-0.39, 0.29) is 23.0 Å². The number of piperidine rings is 1. The Morgan fingerprint density at radius 2 is 1.78 bits per heavy atom. The van der Waals surface area contributed by atoms with Crippen molar-refractivity contribution in [2.24, 2.45) is 0 Å². The zero-order chi connectivity index (χ0) is 23.3. The molecule has 1 saturated heterocycles. The zero-order valence-corrected chi connectivity index (χ0v) is 19.3. The predicted octanol–water partition coefficient (Wildman–Crippen LogP) is 3.61. The molecule has 2 aromatic rings. The van der Waals surface area contributed by atoms with Crippen molar-refractivity contribution in [3.05, 3.63) is 53.1 Å². The van der Waals surface area contributed by atoms with E-state index in [1.807, 2.05) is 0 Å². The summed E-state index contributed by atoms with van der Waals surface area (Å²) in [5.41, 5.74) is 1.45. The van der Waals surface area contributed by atoms with E-state index in [9.17, 15) is 18.0 Å². The van der Waals surface area contributed by atoms with Gasteiger partial charge in [0.05, 0.1) is 35.4 Å². The van der Waals surface area contributed by atoms with Gasteiger partial charge in [0.25, 0.3) is 15.9 Å². The van der Waals surface area contributed by atoms with Gasteiger partial charge in [0, 0.05) is 13.1 Å². The lowest BCUT2D eigenvalue weighted by Gasteiger charge is -2.27. The third-order valence-corrected chi connectivity index (χ3v) is 6.70. The summed E-state index contributed by atoms with van der Waals surface area (Å²) in [6.45, 7) is 4.95. The molecular formula is C23H28N2O6S. The quantitative estimate of drug-likeness (QED) is 0.634. The average molecular weight is 461 g/mol. The van der Waals surface area contributed by atoms with Crippen molar-refractivity contribution in [2.75, 3.05) is 31.5 Å². The van der Waals surface area contributed by atoms with Crippen LogP contribution in [-0.2, 0) is 14.8 Å². The first-order valence-corrected chi connectivity index (χ1v) is 12.0. The minimum absolute atomic E-state index is 0.0486. The van der Waals surface area contributed by atoms with Gasteiger partial charge in [-0.25, -0.2) is 13.2 Å². The van der Waals surface area contributed by atoms with Crippen LogP contribution in [0.2, 0.25) is 0 Å². The van der Waals surface area contributed by atoms with Crippen molar-refractivity contribution >= 4 is 27.6 Å². The van der Waals surface area contributed by atoms with E-state index in [2.05, 4.69) is 4.72 Å². The highest BCUT2D eigenvalue weighted by Gasteiger charge is 2.25. The summed E-state index contributed by atoms with van der Waals surface area (Å²) >= 11 is 0. The fourth-order valence-corrected chi connectivity index (χ4v) is 4.77. The summed E-state index contributed by atoms with van der Waals surface area (Å²) < 4.78 is 38.9. The number of likely N-dealkylation sites (tertiary alicyclic amines) is 1. The van der Waals surface area contributed by atoms with Gasteiger partial charge in [-0.3, -0.25) is 9.52 Å². The molecule has 1 aliphatic heterocycles. The number of ether oxygens (including phenoxy) is 2. The highest BCUT2D eigenvalue weighted by molar-refractivity contribution is 7.92. The number of hydrogen-bond acceptors (Lipinski definition) is 6. The first-order chi connectivity index (χ1) is 15.3. The summed E-state index contributed by atoms with van der Waals surface area (Å²) in [6, 6.07) is 8.82. The number of hydrogen-bond donors (Lipinski definition) is 1. The summed E-state index contributed by atoms with van der Waals surface area (Å²) in [4.78, 5) is 26.6. The van der Waals surface area contributed by atoms with Crippen LogP contribution in [0.5, 0.6) is 5.75 Å². The third kappa shape index (κ3) is 5.21. The van der Waals surface area contributed by atoms with Crippen LogP contribution in [0.15, 0.2) is 41.3 Å². The van der Waals surface area contributed by atoms with Gasteiger partial charge in [0.1, 0.15) is 5.75 Å². The van der Waals surface area contributed by atoms with E-state index in [1.54, 1.807) is 24.8 Å². The van der Waals surface area contributed by atoms with Gasteiger partial charge >= 0.3 is 5.97 Å². The molecule has 0 aromatic heterocycles. The van der Waals surface area contributed by atoms with E-state index in [1.165, 1.54) is 37.4 Å². The number of amides is 1. The number of anilines is 1. The number of nitrogens with zero attached hydrogens (tertiary/aromatic N) is 1. The second-order valence-electron chi connectivity index (χ2n) is 7.57. The number of benzene rings is 2. The monoisotopic (exact) mass is 460 g/mol. The van der Waals surface area contributed by atoms with Gasteiger partial charge in [-0.2, -0.15) is 0 Å². The van der Waals surface area contributed by atoms with Crippen LogP contribution in [0.1, 0.15) is 52.5 Å². The summed E-state index contributed by atoms with van der Waals surface area (Å²) in [6.07, 6.45) is 2.93. The molecule has 0 aliphatic carbocycles. The first-order valence-electron chi connectivity index (χ1n) is 10.5. The minimum Gasteiger partial charge on any atom is -0.496 e. The van der Waals surface area contributed by atoms with Crippen molar-refractivity contribution in [2.45, 2.75) is 38.0 Å². The normalized spacial score (nSPS) is 14.0. The Hall–Kier alpha value is -3.07. The SMILES string of the molecule is CCOC(=O)c1ccc(NS(=O)(=O)c2ccc(OC)c(C(=O)N3CCCCC3)c2)c(C)c1. The fraction of sp³-hybridized carbons (Fsp3) is 0.391. The second kappa shape index (κ2) is 10.0. The highest BCUT2D eigenvalue weighted by atomic mass is 32.2. The molecule has 1 N–H and O–H groups in total. The van der Waals surface area contributed by atoms with Crippen LogP contribution in [0, 0.1) is 6.92 Å². The molecule has 2 aromatic carbocycles. The van der Waals surface area contributed by atoms with Crippen molar-refractivity contribution in [3.63, 3.8) is 0 Å². The Labute approximate surface area is 188 Å². The van der Waals surface area contributed by atoms with E-state index < -0.39 is 16.0 Å². The van der Waals surface area contributed by atoms with Crippen LogP contribution in [-0.4, -0.2) is 52.0 Å². The lowest BCUT2D eigenvalue weighted by atomic mass is 10.1. The van der Waals surface area contributed by atoms with E-state index in [4.69, 9.17) is 9.47 Å². The van der Waals surface area contributed by atoms with Gasteiger partial charge in [0.2, 0.25) is 0 Å². The largest absolute Gasteiger partial charge is 0.496 e. The van der Waals surface area contributed by atoms with Crippen molar-refractivity contribution < 1.29 is 27.5 Å². The number of rotatable bonds is 7. The molecule has 9 heteroatoms. The maximum absolute atomic E-state index is 13.1. The molecule has 32 heavy (non-hydrogen) atoms. The van der Waals surface area contributed by atoms with Gasteiger partial charge < -0.3 is 14.4 Å². The highest BCUT2D eigenvalue weighted by Crippen LogP contribution is 2.27. The summed E-state index contributed by atoms with van der Waals surface area (Å²) in [5, 5.41) is 0. The fourth-order valence-electron chi connectivity index (χ4n) is 3.61. The molecule has 1 heterocycles. The Kier molecular flexibility index (Phi) is 7.40. The molecule has 3 rings (SSSR count). The molecule has 0 bridgehead atoms. The van der Waals surface area contributed by atoms with Crippen molar-refractivity contribution in [3.8, 4) is 5.75 Å². The molecular weight excluding hydrogens is 432 g/mol. The van der Waals surface area contributed by atoms with Crippen LogP contribution < -0.4 is 9.46 Å². The molecule has 0 unspecified atom stereocenters. The number of carbonyl (C=O) groups excluding carboxylic acids is 2.